The van der Waals surface area contributed by atoms with Crippen LogP contribution in [0.3, 0.4) is 0 Å². The smallest absolute Gasteiger partial charge is 0.257 e. The normalized spacial score (nSPS) is 11.1. The van der Waals surface area contributed by atoms with Gasteiger partial charge in [-0.25, -0.2) is 0 Å². The van der Waals surface area contributed by atoms with Crippen molar-refractivity contribution in [2.24, 2.45) is 0 Å². The van der Waals surface area contributed by atoms with Crippen molar-refractivity contribution in [3.8, 4) is 10.8 Å². The summed E-state index contributed by atoms with van der Waals surface area (Å²) < 4.78 is 5.76. The second-order valence-corrected chi connectivity index (χ2v) is 7.45. The van der Waals surface area contributed by atoms with Crippen molar-refractivity contribution in [2.45, 2.75) is 33.7 Å². The summed E-state index contributed by atoms with van der Waals surface area (Å²) in [6.45, 7) is 7.58. The number of aryl methyl sites for hydroxylation is 2. The molecule has 27 heavy (non-hydrogen) atoms. The quantitative estimate of drug-likeness (QED) is 0.628. The fraction of sp³-hybridized carbons (Fsp3) is 0.350. The lowest BCUT2D eigenvalue weighted by Crippen LogP contribution is -2.33. The Bertz CT molecular complexity index is 869. The predicted octanol–water partition coefficient (Wildman–Crippen LogP) is 4.27. The van der Waals surface area contributed by atoms with Crippen molar-refractivity contribution < 1.29 is 9.21 Å². The lowest BCUT2D eigenvalue weighted by atomic mass is 10.1. The maximum absolute atomic E-state index is 12.6. The van der Waals surface area contributed by atoms with Gasteiger partial charge in [-0.2, -0.15) is 0 Å². The minimum Gasteiger partial charge on any atom is -0.419 e. The number of benzene rings is 1. The van der Waals surface area contributed by atoms with E-state index in [9.17, 15) is 4.79 Å². The van der Waals surface area contributed by atoms with Gasteiger partial charge in [0.05, 0.1) is 18.0 Å². The van der Waals surface area contributed by atoms with Crippen molar-refractivity contribution in [3.05, 3.63) is 52.7 Å². The number of anilines is 1. The van der Waals surface area contributed by atoms with E-state index in [1.165, 1.54) is 0 Å². The fourth-order valence-electron chi connectivity index (χ4n) is 2.93. The molecular formula is C20H24N4O2S. The average Bonchev–Trinajstić information content (AvgIpc) is 3.30. The molecule has 0 unspecified atom stereocenters. The third-order valence-electron chi connectivity index (χ3n) is 4.21. The Morgan fingerprint density at radius 3 is 2.63 bits per heavy atom. The molecule has 0 aliphatic rings. The number of thiophene rings is 1. The number of hydrogen-bond donors (Lipinski definition) is 1. The third-order valence-corrected chi connectivity index (χ3v) is 5.07. The summed E-state index contributed by atoms with van der Waals surface area (Å²) in [4.78, 5) is 15.5. The molecule has 0 saturated heterocycles. The standard InChI is InChI=1S/C20H24N4O2S/c1-4-10-24(12-17(25)21-19-14(2)7-5-8-15(19)3)13-18-22-23-20(26-18)16-9-6-11-27-16/h5-9,11H,4,10,12-13H2,1-3H3,(H,21,25). The Hall–Kier alpha value is -2.51. The molecule has 142 valence electrons. The summed E-state index contributed by atoms with van der Waals surface area (Å²) in [5, 5.41) is 13.2. The molecule has 0 radical (unpaired) electrons. The second kappa shape index (κ2) is 8.92. The largest absolute Gasteiger partial charge is 0.419 e. The number of nitrogens with one attached hydrogen (secondary N) is 1. The van der Waals surface area contributed by atoms with Gasteiger partial charge in [-0.1, -0.05) is 31.2 Å². The summed E-state index contributed by atoms with van der Waals surface area (Å²) in [6.07, 6.45) is 0.933. The van der Waals surface area contributed by atoms with Crippen LogP contribution in [0.1, 0.15) is 30.4 Å². The van der Waals surface area contributed by atoms with Gasteiger partial charge in [0.15, 0.2) is 0 Å². The molecule has 1 N–H and O–H groups in total. The highest BCUT2D eigenvalue weighted by molar-refractivity contribution is 7.13. The minimum atomic E-state index is -0.0427. The molecule has 1 aromatic carbocycles. The molecule has 0 spiro atoms. The Labute approximate surface area is 163 Å². The lowest BCUT2D eigenvalue weighted by molar-refractivity contribution is -0.117. The van der Waals surface area contributed by atoms with Crippen molar-refractivity contribution in [3.63, 3.8) is 0 Å². The van der Waals surface area contributed by atoms with Crippen LogP contribution in [0.25, 0.3) is 10.8 Å². The number of carbonyl (C=O) groups excluding carboxylic acids is 1. The van der Waals surface area contributed by atoms with Gasteiger partial charge in [0, 0.05) is 5.69 Å². The fourth-order valence-corrected chi connectivity index (χ4v) is 3.58. The molecular weight excluding hydrogens is 360 g/mol. The van der Waals surface area contributed by atoms with E-state index in [-0.39, 0.29) is 12.5 Å². The number of aromatic nitrogens is 2. The van der Waals surface area contributed by atoms with Crippen LogP contribution in [-0.4, -0.2) is 34.1 Å². The van der Waals surface area contributed by atoms with Gasteiger partial charge in [-0.05, 0) is 49.4 Å². The summed E-state index contributed by atoms with van der Waals surface area (Å²) in [6, 6.07) is 9.88. The maximum Gasteiger partial charge on any atom is 0.257 e. The van der Waals surface area contributed by atoms with Crippen molar-refractivity contribution in [1.82, 2.24) is 15.1 Å². The first-order valence-electron chi connectivity index (χ1n) is 9.01. The number of carbonyl (C=O) groups is 1. The summed E-state index contributed by atoms with van der Waals surface area (Å²) in [7, 11) is 0. The zero-order valence-corrected chi connectivity index (χ0v) is 16.7. The molecule has 0 fully saturated rings. The van der Waals surface area contributed by atoms with Gasteiger partial charge in [-0.15, -0.1) is 21.5 Å². The first kappa shape index (κ1) is 19.3. The Morgan fingerprint density at radius 1 is 1.19 bits per heavy atom. The number of hydrogen-bond acceptors (Lipinski definition) is 6. The zero-order chi connectivity index (χ0) is 19.2. The summed E-state index contributed by atoms with van der Waals surface area (Å²) in [5.41, 5.74) is 3.00. The molecule has 6 nitrogen and oxygen atoms in total. The van der Waals surface area contributed by atoms with E-state index in [0.29, 0.717) is 18.3 Å². The summed E-state index contributed by atoms with van der Waals surface area (Å²) in [5.74, 6) is 1.00. The Morgan fingerprint density at radius 2 is 1.96 bits per heavy atom. The van der Waals surface area contributed by atoms with Crippen molar-refractivity contribution in [2.75, 3.05) is 18.4 Å². The highest BCUT2D eigenvalue weighted by Crippen LogP contribution is 2.23. The topological polar surface area (TPSA) is 71.3 Å². The molecule has 2 aromatic heterocycles. The molecule has 0 aliphatic carbocycles. The van der Waals surface area contributed by atoms with Crippen LogP contribution in [0.5, 0.6) is 0 Å². The van der Waals surface area contributed by atoms with E-state index >= 15 is 0 Å². The first-order chi connectivity index (χ1) is 13.1. The molecule has 3 rings (SSSR count). The Kier molecular flexibility index (Phi) is 6.36. The molecule has 7 heteroatoms. The maximum atomic E-state index is 12.6. The zero-order valence-electron chi connectivity index (χ0n) is 15.9. The Balaban J connectivity index is 1.64. The van der Waals surface area contributed by atoms with Crippen LogP contribution in [0, 0.1) is 13.8 Å². The third kappa shape index (κ3) is 5.02. The monoisotopic (exact) mass is 384 g/mol. The van der Waals surface area contributed by atoms with E-state index in [4.69, 9.17) is 4.42 Å². The van der Waals surface area contributed by atoms with Gasteiger partial charge in [0.2, 0.25) is 11.8 Å². The van der Waals surface area contributed by atoms with E-state index in [0.717, 1.165) is 34.7 Å². The molecule has 2 heterocycles. The number of nitrogens with zero attached hydrogens (tertiary/aromatic N) is 3. The van der Waals surface area contributed by atoms with E-state index in [1.54, 1.807) is 11.3 Å². The van der Waals surface area contributed by atoms with Gasteiger partial charge in [0.1, 0.15) is 0 Å². The van der Waals surface area contributed by atoms with E-state index in [2.05, 4.69) is 22.4 Å². The lowest BCUT2D eigenvalue weighted by Gasteiger charge is -2.20. The highest BCUT2D eigenvalue weighted by atomic mass is 32.1. The first-order valence-corrected chi connectivity index (χ1v) is 9.89. The van der Waals surface area contributed by atoms with Crippen LogP contribution in [0.4, 0.5) is 5.69 Å². The van der Waals surface area contributed by atoms with Crippen LogP contribution in [-0.2, 0) is 11.3 Å². The molecule has 1 amide bonds. The van der Waals surface area contributed by atoms with E-state index < -0.39 is 0 Å². The highest BCUT2D eigenvalue weighted by Gasteiger charge is 2.16. The van der Waals surface area contributed by atoms with Crippen molar-refractivity contribution in [1.29, 1.82) is 0 Å². The number of rotatable bonds is 8. The number of amides is 1. The second-order valence-electron chi connectivity index (χ2n) is 6.50. The van der Waals surface area contributed by atoms with Gasteiger partial charge in [-0.3, -0.25) is 9.69 Å². The van der Waals surface area contributed by atoms with Gasteiger partial charge < -0.3 is 9.73 Å². The molecule has 0 aliphatic heterocycles. The van der Waals surface area contributed by atoms with Crippen LogP contribution < -0.4 is 5.32 Å². The SMILES string of the molecule is CCCN(CC(=O)Nc1c(C)cccc1C)Cc1nnc(-c2cccs2)o1. The summed E-state index contributed by atoms with van der Waals surface area (Å²) >= 11 is 1.56. The number of para-hydroxylation sites is 1. The van der Waals surface area contributed by atoms with E-state index in [1.807, 2.05) is 54.5 Å². The minimum absolute atomic E-state index is 0.0427. The van der Waals surface area contributed by atoms with Crippen LogP contribution >= 0.6 is 11.3 Å². The average molecular weight is 385 g/mol. The van der Waals surface area contributed by atoms with Crippen LogP contribution in [0.2, 0.25) is 0 Å². The van der Waals surface area contributed by atoms with Crippen LogP contribution in [0.15, 0.2) is 40.1 Å². The molecule has 0 saturated carbocycles. The van der Waals surface area contributed by atoms with Gasteiger partial charge in [0.25, 0.3) is 5.89 Å². The molecule has 3 aromatic rings. The van der Waals surface area contributed by atoms with Crippen molar-refractivity contribution >= 4 is 22.9 Å². The molecule has 0 bridgehead atoms. The predicted molar refractivity (Wildman–Crippen MR) is 108 cm³/mol. The van der Waals surface area contributed by atoms with Gasteiger partial charge >= 0.3 is 0 Å². The molecule has 0 atom stereocenters.